The number of rotatable bonds is 5. The zero-order valence-electron chi connectivity index (χ0n) is 11.3. The quantitative estimate of drug-likeness (QED) is 0.862. The summed E-state index contributed by atoms with van der Waals surface area (Å²) in [7, 11) is -4.44. The van der Waals surface area contributed by atoms with Gasteiger partial charge < -0.3 is 5.11 Å². The van der Waals surface area contributed by atoms with E-state index in [0.29, 0.717) is 6.07 Å². The van der Waals surface area contributed by atoms with Crippen LogP contribution in [0.1, 0.15) is 19.4 Å². The Kier molecular flexibility index (Phi) is 5.65. The Labute approximate surface area is 126 Å². The summed E-state index contributed by atoms with van der Waals surface area (Å²) in [6.07, 6.45) is -4.86. The minimum atomic E-state index is -4.86. The number of alkyl halides is 3. The number of halogens is 4. The molecule has 4 nitrogen and oxygen atoms in total. The SMILES string of the molecule is CC(C)[C@@H](CO)NS(=O)(=O)c1ccc(Cl)cc1C(F)(F)F. The highest BCUT2D eigenvalue weighted by molar-refractivity contribution is 7.89. The standard InChI is InChI=1S/C12H15ClF3NO3S/c1-7(2)10(6-18)17-21(19,20)11-4-3-8(13)5-9(11)12(14,15)16/h3-5,7,10,17-18H,6H2,1-2H3/t10-/m1/s1. The maximum absolute atomic E-state index is 12.9. The van der Waals surface area contributed by atoms with Crippen molar-refractivity contribution in [2.45, 2.75) is 31.0 Å². The van der Waals surface area contributed by atoms with E-state index in [-0.39, 0.29) is 10.9 Å². The lowest BCUT2D eigenvalue weighted by atomic mass is 10.1. The van der Waals surface area contributed by atoms with Crippen LogP contribution in [0.25, 0.3) is 0 Å². The maximum Gasteiger partial charge on any atom is 0.417 e. The zero-order valence-corrected chi connectivity index (χ0v) is 12.9. The summed E-state index contributed by atoms with van der Waals surface area (Å²) >= 11 is 5.50. The van der Waals surface area contributed by atoms with Crippen molar-refractivity contribution in [2.75, 3.05) is 6.61 Å². The molecule has 0 aliphatic carbocycles. The van der Waals surface area contributed by atoms with Crippen molar-refractivity contribution in [3.05, 3.63) is 28.8 Å². The summed E-state index contributed by atoms with van der Waals surface area (Å²) in [4.78, 5) is -0.918. The Hall–Kier alpha value is -0.830. The average Bonchev–Trinajstić information content (AvgIpc) is 2.34. The van der Waals surface area contributed by atoms with E-state index >= 15 is 0 Å². The largest absolute Gasteiger partial charge is 0.417 e. The van der Waals surface area contributed by atoms with Crippen molar-refractivity contribution in [1.29, 1.82) is 0 Å². The third-order valence-electron chi connectivity index (χ3n) is 2.84. The van der Waals surface area contributed by atoms with Crippen molar-refractivity contribution in [3.63, 3.8) is 0 Å². The molecule has 1 aromatic carbocycles. The van der Waals surface area contributed by atoms with Gasteiger partial charge in [0.05, 0.1) is 17.1 Å². The molecule has 0 aliphatic heterocycles. The number of hydrogen-bond donors (Lipinski definition) is 2. The van der Waals surface area contributed by atoms with Crippen LogP contribution < -0.4 is 4.72 Å². The monoisotopic (exact) mass is 345 g/mol. The molecule has 1 atom stereocenters. The molecule has 0 fully saturated rings. The third kappa shape index (κ3) is 4.57. The molecule has 0 amide bonds. The smallest absolute Gasteiger partial charge is 0.395 e. The van der Waals surface area contributed by atoms with Crippen LogP contribution in [-0.2, 0) is 16.2 Å². The molecule has 0 radical (unpaired) electrons. The van der Waals surface area contributed by atoms with Gasteiger partial charge in [-0.3, -0.25) is 0 Å². The molecular formula is C12H15ClF3NO3S. The van der Waals surface area contributed by atoms with E-state index in [1.807, 2.05) is 0 Å². The fourth-order valence-electron chi connectivity index (χ4n) is 1.61. The fourth-order valence-corrected chi connectivity index (χ4v) is 3.36. The maximum atomic E-state index is 12.9. The van der Waals surface area contributed by atoms with Gasteiger partial charge in [-0.2, -0.15) is 13.2 Å². The van der Waals surface area contributed by atoms with Crippen molar-refractivity contribution in [3.8, 4) is 0 Å². The lowest BCUT2D eigenvalue weighted by Crippen LogP contribution is -2.41. The van der Waals surface area contributed by atoms with E-state index in [9.17, 15) is 21.6 Å². The van der Waals surface area contributed by atoms with Gasteiger partial charge in [-0.15, -0.1) is 0 Å². The number of aliphatic hydroxyl groups is 1. The molecule has 0 spiro atoms. The molecule has 2 N–H and O–H groups in total. The third-order valence-corrected chi connectivity index (χ3v) is 4.63. The molecule has 1 rings (SSSR count). The highest BCUT2D eigenvalue weighted by Gasteiger charge is 2.38. The van der Waals surface area contributed by atoms with Gasteiger partial charge in [-0.1, -0.05) is 25.4 Å². The van der Waals surface area contributed by atoms with Crippen molar-refractivity contribution >= 4 is 21.6 Å². The molecule has 0 saturated carbocycles. The summed E-state index contributed by atoms with van der Waals surface area (Å²) in [6.45, 7) is 2.75. The first kappa shape index (κ1) is 18.2. The van der Waals surface area contributed by atoms with Gasteiger partial charge >= 0.3 is 6.18 Å². The Morgan fingerprint density at radius 2 is 1.90 bits per heavy atom. The number of nitrogens with one attached hydrogen (secondary N) is 1. The van der Waals surface area contributed by atoms with Crippen LogP contribution in [0.15, 0.2) is 23.1 Å². The molecule has 0 aromatic heterocycles. The van der Waals surface area contributed by atoms with Gasteiger partial charge in [-0.05, 0) is 24.1 Å². The van der Waals surface area contributed by atoms with Crippen LogP contribution in [0, 0.1) is 5.92 Å². The molecular weight excluding hydrogens is 331 g/mol. The summed E-state index contributed by atoms with van der Waals surface area (Å²) in [5.74, 6) is -0.286. The second kappa shape index (κ2) is 6.51. The minimum Gasteiger partial charge on any atom is -0.395 e. The Morgan fingerprint density at radius 3 is 2.33 bits per heavy atom. The normalized spacial score (nSPS) is 14.5. The van der Waals surface area contributed by atoms with Crippen LogP contribution in [0.5, 0.6) is 0 Å². The van der Waals surface area contributed by atoms with E-state index in [2.05, 4.69) is 4.72 Å². The predicted molar refractivity (Wildman–Crippen MR) is 72.5 cm³/mol. The Bertz CT molecular complexity index is 602. The van der Waals surface area contributed by atoms with Crippen LogP contribution in [-0.4, -0.2) is 26.2 Å². The van der Waals surface area contributed by atoms with Crippen molar-refractivity contribution in [2.24, 2.45) is 5.92 Å². The van der Waals surface area contributed by atoms with Gasteiger partial charge in [0.1, 0.15) is 0 Å². The Balaban J connectivity index is 3.32. The van der Waals surface area contributed by atoms with Gasteiger partial charge in [0.2, 0.25) is 10.0 Å². The summed E-state index contributed by atoms with van der Waals surface area (Å²) in [5, 5.41) is 8.89. The lowest BCUT2D eigenvalue weighted by Gasteiger charge is -2.21. The average molecular weight is 346 g/mol. The first-order valence-corrected chi connectivity index (χ1v) is 7.85. The van der Waals surface area contributed by atoms with Crippen LogP contribution in [0.4, 0.5) is 13.2 Å². The summed E-state index contributed by atoms with van der Waals surface area (Å²) in [5.41, 5.74) is -1.34. The second-order valence-corrected chi connectivity index (χ2v) is 6.91. The molecule has 9 heteroatoms. The first-order chi connectivity index (χ1) is 9.49. The molecule has 21 heavy (non-hydrogen) atoms. The van der Waals surface area contributed by atoms with Crippen molar-refractivity contribution < 1.29 is 26.7 Å². The molecule has 0 unspecified atom stereocenters. The topological polar surface area (TPSA) is 66.4 Å². The number of hydrogen-bond acceptors (Lipinski definition) is 3. The minimum absolute atomic E-state index is 0.219. The zero-order chi connectivity index (χ0) is 16.4. The van der Waals surface area contributed by atoms with E-state index < -0.39 is 39.3 Å². The second-order valence-electron chi connectivity index (χ2n) is 4.79. The van der Waals surface area contributed by atoms with E-state index in [0.717, 1.165) is 12.1 Å². The van der Waals surface area contributed by atoms with E-state index in [1.54, 1.807) is 13.8 Å². The summed E-state index contributed by atoms with van der Waals surface area (Å²) in [6, 6.07) is 1.53. The van der Waals surface area contributed by atoms with Crippen LogP contribution >= 0.6 is 11.6 Å². The van der Waals surface area contributed by atoms with Crippen LogP contribution in [0.2, 0.25) is 5.02 Å². The summed E-state index contributed by atoms with van der Waals surface area (Å²) < 4.78 is 65.1. The van der Waals surface area contributed by atoms with Gasteiger partial charge in [0.15, 0.2) is 0 Å². The van der Waals surface area contributed by atoms with E-state index in [4.69, 9.17) is 16.7 Å². The predicted octanol–water partition coefficient (Wildman–Crippen LogP) is 2.65. The van der Waals surface area contributed by atoms with Gasteiger partial charge in [0, 0.05) is 11.1 Å². The number of aliphatic hydroxyl groups excluding tert-OH is 1. The first-order valence-electron chi connectivity index (χ1n) is 5.99. The molecule has 0 aliphatic rings. The molecule has 0 saturated heterocycles. The molecule has 120 valence electrons. The number of benzene rings is 1. The highest BCUT2D eigenvalue weighted by Crippen LogP contribution is 2.35. The highest BCUT2D eigenvalue weighted by atomic mass is 35.5. The molecule has 1 aromatic rings. The molecule has 0 heterocycles. The van der Waals surface area contributed by atoms with Gasteiger partial charge in [-0.25, -0.2) is 13.1 Å². The lowest BCUT2D eigenvalue weighted by molar-refractivity contribution is -0.139. The molecule has 0 bridgehead atoms. The fraction of sp³-hybridized carbons (Fsp3) is 0.500. The van der Waals surface area contributed by atoms with E-state index in [1.165, 1.54) is 0 Å². The Morgan fingerprint density at radius 1 is 1.33 bits per heavy atom. The van der Waals surface area contributed by atoms with Crippen LogP contribution in [0.3, 0.4) is 0 Å². The van der Waals surface area contributed by atoms with Gasteiger partial charge in [0.25, 0.3) is 0 Å². The van der Waals surface area contributed by atoms with Crippen molar-refractivity contribution in [1.82, 2.24) is 4.72 Å². The number of sulfonamides is 1.